The summed E-state index contributed by atoms with van der Waals surface area (Å²) in [4.78, 5) is 4.30. The van der Waals surface area contributed by atoms with Gasteiger partial charge in [0.15, 0.2) is 5.96 Å². The van der Waals surface area contributed by atoms with E-state index in [0.717, 1.165) is 54.5 Å². The molecule has 0 radical (unpaired) electrons. The fourth-order valence-corrected chi connectivity index (χ4v) is 2.95. The maximum Gasteiger partial charge on any atom is 0.191 e. The Morgan fingerprint density at radius 2 is 2.00 bits per heavy atom. The van der Waals surface area contributed by atoms with Crippen LogP contribution in [0.25, 0.3) is 0 Å². The lowest BCUT2D eigenvalue weighted by molar-refractivity contribution is 0.380. The first-order valence-electron chi connectivity index (χ1n) is 9.17. The third-order valence-electron chi connectivity index (χ3n) is 4.39. The summed E-state index contributed by atoms with van der Waals surface area (Å²) in [5, 5.41) is 10.9. The molecular formula is C20H31IN4O2. The Kier molecular flexibility index (Phi) is 10.2. The number of ether oxygens (including phenoxy) is 1. The van der Waals surface area contributed by atoms with Crippen molar-refractivity contribution in [1.82, 2.24) is 15.8 Å². The summed E-state index contributed by atoms with van der Waals surface area (Å²) < 4.78 is 10.9. The zero-order valence-corrected chi connectivity index (χ0v) is 19.2. The SMILES string of the molecule is CCc1noc(CC)c1CNC(=NC)NCCc1cc(C)ccc1OC.I. The van der Waals surface area contributed by atoms with Crippen LogP contribution >= 0.6 is 24.0 Å². The average molecular weight is 486 g/mol. The minimum Gasteiger partial charge on any atom is -0.496 e. The van der Waals surface area contributed by atoms with Crippen molar-refractivity contribution in [2.24, 2.45) is 4.99 Å². The number of benzene rings is 1. The molecule has 0 saturated heterocycles. The van der Waals surface area contributed by atoms with Crippen molar-refractivity contribution >= 4 is 29.9 Å². The van der Waals surface area contributed by atoms with Gasteiger partial charge < -0.3 is 19.9 Å². The van der Waals surface area contributed by atoms with Gasteiger partial charge in [-0.25, -0.2) is 0 Å². The molecule has 0 saturated carbocycles. The van der Waals surface area contributed by atoms with Crippen LogP contribution in [0.2, 0.25) is 0 Å². The van der Waals surface area contributed by atoms with Gasteiger partial charge in [0.05, 0.1) is 12.8 Å². The zero-order valence-electron chi connectivity index (χ0n) is 16.9. The molecule has 0 bridgehead atoms. The van der Waals surface area contributed by atoms with Crippen LogP contribution in [0.15, 0.2) is 27.7 Å². The second kappa shape index (κ2) is 11.8. The standard InChI is InChI=1S/C20H30N4O2.HI/c1-6-17-16(18(7-2)26-24-17)13-23-20(21-4)22-11-10-15-12-14(3)8-9-19(15)25-5;/h8-9,12H,6-7,10-11,13H2,1-5H3,(H2,21,22,23);1H. The summed E-state index contributed by atoms with van der Waals surface area (Å²) in [5.74, 6) is 2.63. The van der Waals surface area contributed by atoms with Gasteiger partial charge in [0.25, 0.3) is 0 Å². The van der Waals surface area contributed by atoms with Gasteiger partial charge in [-0.15, -0.1) is 24.0 Å². The Hall–Kier alpha value is -1.77. The Balaban J connectivity index is 0.00000364. The highest BCUT2D eigenvalue weighted by molar-refractivity contribution is 14.0. The molecule has 6 nitrogen and oxygen atoms in total. The molecule has 7 heteroatoms. The lowest BCUT2D eigenvalue weighted by Gasteiger charge is -2.14. The number of guanidine groups is 1. The third-order valence-corrected chi connectivity index (χ3v) is 4.39. The van der Waals surface area contributed by atoms with Crippen LogP contribution in [-0.2, 0) is 25.8 Å². The molecule has 2 rings (SSSR count). The summed E-state index contributed by atoms with van der Waals surface area (Å²) in [6.45, 7) is 7.68. The Morgan fingerprint density at radius 3 is 2.63 bits per heavy atom. The number of nitrogens with one attached hydrogen (secondary N) is 2. The topological polar surface area (TPSA) is 71.7 Å². The van der Waals surface area contributed by atoms with Crippen LogP contribution in [0.4, 0.5) is 0 Å². The highest BCUT2D eigenvalue weighted by Gasteiger charge is 2.13. The van der Waals surface area contributed by atoms with Gasteiger partial charge in [0, 0.05) is 32.1 Å². The van der Waals surface area contributed by atoms with Gasteiger partial charge in [-0.2, -0.15) is 0 Å². The summed E-state index contributed by atoms with van der Waals surface area (Å²) in [7, 11) is 3.48. The number of nitrogens with zero attached hydrogens (tertiary/aromatic N) is 2. The number of rotatable bonds is 8. The summed E-state index contributed by atoms with van der Waals surface area (Å²) in [5.41, 5.74) is 4.57. The van der Waals surface area contributed by atoms with Crippen molar-refractivity contribution in [2.45, 2.75) is 46.6 Å². The number of methoxy groups -OCH3 is 1. The number of aromatic nitrogens is 1. The van der Waals surface area contributed by atoms with E-state index in [1.165, 1.54) is 11.1 Å². The molecule has 0 aliphatic rings. The van der Waals surface area contributed by atoms with Crippen LogP contribution < -0.4 is 15.4 Å². The molecule has 0 aliphatic carbocycles. The predicted molar refractivity (Wildman–Crippen MR) is 120 cm³/mol. The number of hydrogen-bond acceptors (Lipinski definition) is 4. The van der Waals surface area contributed by atoms with Crippen molar-refractivity contribution < 1.29 is 9.26 Å². The lowest BCUT2D eigenvalue weighted by atomic mass is 10.1. The molecule has 27 heavy (non-hydrogen) atoms. The zero-order chi connectivity index (χ0) is 18.9. The van der Waals surface area contributed by atoms with E-state index >= 15 is 0 Å². The van der Waals surface area contributed by atoms with Crippen LogP contribution in [-0.4, -0.2) is 31.8 Å². The van der Waals surface area contributed by atoms with Crippen molar-refractivity contribution in [2.75, 3.05) is 20.7 Å². The Morgan fingerprint density at radius 1 is 1.22 bits per heavy atom. The number of aryl methyl sites for hydroxylation is 3. The normalized spacial score (nSPS) is 11.1. The van der Waals surface area contributed by atoms with Gasteiger partial charge >= 0.3 is 0 Å². The van der Waals surface area contributed by atoms with Crippen LogP contribution in [0.3, 0.4) is 0 Å². The molecule has 150 valence electrons. The first-order chi connectivity index (χ1) is 12.6. The monoisotopic (exact) mass is 486 g/mol. The molecule has 2 N–H and O–H groups in total. The predicted octanol–water partition coefficient (Wildman–Crippen LogP) is 3.64. The lowest BCUT2D eigenvalue weighted by Crippen LogP contribution is -2.38. The van der Waals surface area contributed by atoms with E-state index in [1.54, 1.807) is 14.2 Å². The van der Waals surface area contributed by atoms with Crippen molar-refractivity contribution in [1.29, 1.82) is 0 Å². The summed E-state index contributed by atoms with van der Waals surface area (Å²) >= 11 is 0. The average Bonchev–Trinajstić information content (AvgIpc) is 3.06. The summed E-state index contributed by atoms with van der Waals surface area (Å²) in [6.07, 6.45) is 2.56. The van der Waals surface area contributed by atoms with E-state index in [9.17, 15) is 0 Å². The molecule has 1 aromatic carbocycles. The molecule has 0 fully saturated rings. The number of hydrogen-bond donors (Lipinski definition) is 2. The molecular weight excluding hydrogens is 455 g/mol. The largest absolute Gasteiger partial charge is 0.496 e. The molecule has 1 heterocycles. The molecule has 2 aromatic rings. The van der Waals surface area contributed by atoms with Gasteiger partial charge in [0.2, 0.25) is 0 Å². The fraction of sp³-hybridized carbons (Fsp3) is 0.500. The van der Waals surface area contributed by atoms with E-state index in [0.29, 0.717) is 6.54 Å². The molecule has 0 amide bonds. The molecule has 0 atom stereocenters. The van der Waals surface area contributed by atoms with E-state index in [1.807, 2.05) is 6.07 Å². The Labute approximate surface area is 179 Å². The first kappa shape index (κ1) is 23.3. The number of aliphatic imine (C=N–C) groups is 1. The Bertz CT molecular complexity index is 722. The second-order valence-corrected chi connectivity index (χ2v) is 6.16. The second-order valence-electron chi connectivity index (χ2n) is 6.16. The number of halogens is 1. The molecule has 0 unspecified atom stereocenters. The molecule has 1 aromatic heterocycles. The minimum absolute atomic E-state index is 0. The summed E-state index contributed by atoms with van der Waals surface area (Å²) in [6, 6.07) is 6.24. The smallest absolute Gasteiger partial charge is 0.191 e. The third kappa shape index (κ3) is 6.41. The van der Waals surface area contributed by atoms with E-state index in [2.05, 4.69) is 53.7 Å². The molecule has 0 aliphatic heterocycles. The maximum atomic E-state index is 5.44. The maximum absolute atomic E-state index is 5.44. The van der Waals surface area contributed by atoms with Gasteiger partial charge in [-0.05, 0) is 31.4 Å². The van der Waals surface area contributed by atoms with Crippen LogP contribution in [0, 0.1) is 6.92 Å². The fourth-order valence-electron chi connectivity index (χ4n) is 2.95. The van der Waals surface area contributed by atoms with Gasteiger partial charge in [-0.3, -0.25) is 4.99 Å². The van der Waals surface area contributed by atoms with E-state index < -0.39 is 0 Å². The van der Waals surface area contributed by atoms with E-state index in [4.69, 9.17) is 9.26 Å². The quantitative estimate of drug-likeness (QED) is 0.339. The highest BCUT2D eigenvalue weighted by atomic mass is 127. The van der Waals surface area contributed by atoms with Crippen molar-refractivity contribution in [3.8, 4) is 5.75 Å². The van der Waals surface area contributed by atoms with E-state index in [-0.39, 0.29) is 24.0 Å². The van der Waals surface area contributed by atoms with Gasteiger partial charge in [0.1, 0.15) is 11.5 Å². The van der Waals surface area contributed by atoms with Crippen molar-refractivity contribution in [3.05, 3.63) is 46.3 Å². The minimum atomic E-state index is 0. The van der Waals surface area contributed by atoms with Crippen LogP contribution in [0.1, 0.15) is 42.0 Å². The van der Waals surface area contributed by atoms with Gasteiger partial charge in [-0.1, -0.05) is 36.7 Å². The first-order valence-corrected chi connectivity index (χ1v) is 9.17. The van der Waals surface area contributed by atoms with Crippen LogP contribution in [0.5, 0.6) is 5.75 Å². The highest BCUT2D eigenvalue weighted by Crippen LogP contribution is 2.19. The molecule has 0 spiro atoms. The van der Waals surface area contributed by atoms with Crippen molar-refractivity contribution in [3.63, 3.8) is 0 Å².